The van der Waals surface area contributed by atoms with Crippen molar-refractivity contribution < 1.29 is 0 Å². The lowest BCUT2D eigenvalue weighted by Crippen LogP contribution is -2.19. The summed E-state index contributed by atoms with van der Waals surface area (Å²) in [5, 5.41) is 4.27. The van der Waals surface area contributed by atoms with Crippen molar-refractivity contribution in [2.75, 3.05) is 5.75 Å². The van der Waals surface area contributed by atoms with Crippen LogP contribution >= 0.6 is 12.6 Å². The van der Waals surface area contributed by atoms with Crippen molar-refractivity contribution in [1.29, 1.82) is 0 Å². The maximum atomic E-state index is 4.36. The van der Waals surface area contributed by atoms with Crippen LogP contribution in [-0.2, 0) is 6.54 Å². The van der Waals surface area contributed by atoms with Crippen LogP contribution in [0.1, 0.15) is 19.5 Å². The smallest absolute Gasteiger partial charge is 0.0492 e. The number of thiol groups is 1. The van der Waals surface area contributed by atoms with Gasteiger partial charge in [-0.15, -0.1) is 0 Å². The molecule has 0 fully saturated rings. The summed E-state index contributed by atoms with van der Waals surface area (Å²) >= 11 is 4.36. The lowest BCUT2D eigenvalue weighted by molar-refractivity contribution is 0.352. The first-order valence-corrected chi connectivity index (χ1v) is 5.37. The molecule has 1 rings (SSSR count). The summed E-state index contributed by atoms with van der Waals surface area (Å²) in [4.78, 5) is 0. The van der Waals surface area contributed by atoms with Gasteiger partial charge in [-0.25, -0.2) is 0 Å². The van der Waals surface area contributed by atoms with Crippen LogP contribution in [-0.4, -0.2) is 15.5 Å². The molecule has 0 aromatic carbocycles. The van der Waals surface area contributed by atoms with Gasteiger partial charge in [0.25, 0.3) is 0 Å². The molecule has 1 heterocycles. The normalized spacial score (nSPS) is 13.6. The maximum absolute atomic E-state index is 4.36. The third kappa shape index (κ3) is 2.76. The average Bonchev–Trinajstić information content (AvgIpc) is 2.46. The Labute approximate surface area is 85.7 Å². The van der Waals surface area contributed by atoms with Gasteiger partial charge in [-0.3, -0.25) is 4.68 Å². The summed E-state index contributed by atoms with van der Waals surface area (Å²) in [5.74, 6) is 2.21. The van der Waals surface area contributed by atoms with Crippen molar-refractivity contribution in [3.63, 3.8) is 0 Å². The quantitative estimate of drug-likeness (QED) is 0.736. The Morgan fingerprint density at radius 1 is 1.54 bits per heavy atom. The molecule has 1 atom stereocenters. The molecule has 0 saturated heterocycles. The fourth-order valence-corrected chi connectivity index (χ4v) is 1.83. The Morgan fingerprint density at radius 3 is 2.62 bits per heavy atom. The number of nitrogens with zero attached hydrogens (tertiary/aromatic N) is 2. The molecule has 1 unspecified atom stereocenters. The van der Waals surface area contributed by atoms with E-state index in [0.717, 1.165) is 12.3 Å². The van der Waals surface area contributed by atoms with Crippen molar-refractivity contribution in [3.8, 4) is 0 Å². The largest absolute Gasteiger partial charge is 0.270 e. The minimum atomic E-state index is 0.613. The highest BCUT2D eigenvalue weighted by molar-refractivity contribution is 7.80. The molecular weight excluding hydrogens is 180 g/mol. The highest BCUT2D eigenvalue weighted by Gasteiger charge is 2.12. The molecular formula is C10H18N2S. The first-order valence-electron chi connectivity index (χ1n) is 4.74. The van der Waals surface area contributed by atoms with Crippen LogP contribution in [0.3, 0.4) is 0 Å². The number of hydrogen-bond acceptors (Lipinski definition) is 2. The van der Waals surface area contributed by atoms with Gasteiger partial charge in [0.15, 0.2) is 0 Å². The molecule has 1 aromatic heterocycles. The van der Waals surface area contributed by atoms with Gasteiger partial charge in [0.2, 0.25) is 0 Å². The fourth-order valence-electron chi connectivity index (χ4n) is 1.29. The second-order valence-corrected chi connectivity index (χ2v) is 4.21. The highest BCUT2D eigenvalue weighted by Crippen LogP contribution is 2.15. The minimum absolute atomic E-state index is 0.613. The van der Waals surface area contributed by atoms with Crippen LogP contribution < -0.4 is 0 Å². The van der Waals surface area contributed by atoms with Gasteiger partial charge in [-0.05, 0) is 30.6 Å². The molecule has 13 heavy (non-hydrogen) atoms. The van der Waals surface area contributed by atoms with Crippen LogP contribution in [0.25, 0.3) is 0 Å². The van der Waals surface area contributed by atoms with E-state index in [0.29, 0.717) is 11.8 Å². The lowest BCUT2D eigenvalue weighted by Gasteiger charge is -2.19. The van der Waals surface area contributed by atoms with E-state index < -0.39 is 0 Å². The van der Waals surface area contributed by atoms with Crippen molar-refractivity contribution in [3.05, 3.63) is 18.0 Å². The second-order valence-electron chi connectivity index (χ2n) is 3.84. The van der Waals surface area contributed by atoms with E-state index in [2.05, 4.69) is 43.2 Å². The maximum Gasteiger partial charge on any atom is 0.0492 e. The van der Waals surface area contributed by atoms with E-state index in [9.17, 15) is 0 Å². The van der Waals surface area contributed by atoms with E-state index in [-0.39, 0.29) is 0 Å². The van der Waals surface area contributed by atoms with Gasteiger partial charge in [0.1, 0.15) is 0 Å². The summed E-state index contributed by atoms with van der Waals surface area (Å²) in [7, 11) is 0. The van der Waals surface area contributed by atoms with Gasteiger partial charge >= 0.3 is 0 Å². The van der Waals surface area contributed by atoms with Crippen molar-refractivity contribution in [2.45, 2.75) is 27.3 Å². The molecule has 0 radical (unpaired) electrons. The molecule has 0 N–H and O–H groups in total. The van der Waals surface area contributed by atoms with E-state index in [1.54, 1.807) is 0 Å². The summed E-state index contributed by atoms with van der Waals surface area (Å²) in [6.45, 7) is 7.54. The Balaban J connectivity index is 2.62. The fraction of sp³-hybridized carbons (Fsp3) is 0.700. The zero-order valence-electron chi connectivity index (χ0n) is 8.57. The SMILES string of the molecule is Cc1ccnn1CC(CS)C(C)C. The van der Waals surface area contributed by atoms with Crippen molar-refractivity contribution in [2.24, 2.45) is 11.8 Å². The Bertz CT molecular complexity index is 255. The molecule has 0 amide bonds. The molecule has 2 nitrogen and oxygen atoms in total. The third-order valence-corrected chi connectivity index (χ3v) is 2.98. The van der Waals surface area contributed by atoms with Crippen molar-refractivity contribution >= 4 is 12.6 Å². The van der Waals surface area contributed by atoms with Gasteiger partial charge in [0.05, 0.1) is 0 Å². The van der Waals surface area contributed by atoms with Crippen LogP contribution in [0.15, 0.2) is 12.3 Å². The Hall–Kier alpha value is -0.440. The van der Waals surface area contributed by atoms with Crippen LogP contribution in [0.4, 0.5) is 0 Å². The number of aromatic nitrogens is 2. The first kappa shape index (κ1) is 10.6. The predicted octanol–water partition coefficient (Wildman–Crippen LogP) is 2.39. The predicted molar refractivity (Wildman–Crippen MR) is 59.1 cm³/mol. The van der Waals surface area contributed by atoms with Crippen LogP contribution in [0.2, 0.25) is 0 Å². The summed E-state index contributed by atoms with van der Waals surface area (Å²) in [6.07, 6.45) is 1.85. The summed E-state index contributed by atoms with van der Waals surface area (Å²) in [6, 6.07) is 2.04. The average molecular weight is 198 g/mol. The third-order valence-electron chi connectivity index (χ3n) is 2.51. The number of rotatable bonds is 4. The molecule has 0 aliphatic carbocycles. The van der Waals surface area contributed by atoms with E-state index in [1.807, 2.05) is 12.3 Å². The molecule has 0 aliphatic heterocycles. The Kier molecular flexibility index (Phi) is 3.85. The standard InChI is InChI=1S/C10H18N2S/c1-8(2)10(7-13)6-12-9(3)4-5-11-12/h4-5,8,10,13H,6-7H2,1-3H3. The second kappa shape index (κ2) is 4.70. The summed E-state index contributed by atoms with van der Waals surface area (Å²) in [5.41, 5.74) is 1.23. The zero-order valence-corrected chi connectivity index (χ0v) is 9.46. The monoisotopic (exact) mass is 198 g/mol. The van der Waals surface area contributed by atoms with Gasteiger partial charge in [0, 0.05) is 18.4 Å². The molecule has 0 spiro atoms. The number of aryl methyl sites for hydroxylation is 1. The molecule has 1 aromatic rings. The highest BCUT2D eigenvalue weighted by atomic mass is 32.1. The van der Waals surface area contributed by atoms with Gasteiger partial charge in [-0.2, -0.15) is 17.7 Å². The molecule has 74 valence electrons. The van der Waals surface area contributed by atoms with Gasteiger partial charge < -0.3 is 0 Å². The summed E-state index contributed by atoms with van der Waals surface area (Å²) < 4.78 is 2.06. The molecule has 0 aliphatic rings. The van der Waals surface area contributed by atoms with Crippen LogP contribution in [0.5, 0.6) is 0 Å². The molecule has 3 heteroatoms. The minimum Gasteiger partial charge on any atom is -0.270 e. The molecule has 0 bridgehead atoms. The molecule has 0 saturated carbocycles. The Morgan fingerprint density at radius 2 is 2.23 bits per heavy atom. The van der Waals surface area contributed by atoms with E-state index in [4.69, 9.17) is 0 Å². The topological polar surface area (TPSA) is 17.8 Å². The first-order chi connectivity index (χ1) is 6.15. The van der Waals surface area contributed by atoms with E-state index in [1.165, 1.54) is 5.69 Å². The van der Waals surface area contributed by atoms with Crippen LogP contribution in [0, 0.1) is 18.8 Å². The number of hydrogen-bond donors (Lipinski definition) is 1. The van der Waals surface area contributed by atoms with Crippen molar-refractivity contribution in [1.82, 2.24) is 9.78 Å². The zero-order chi connectivity index (χ0) is 9.84. The van der Waals surface area contributed by atoms with Gasteiger partial charge in [-0.1, -0.05) is 13.8 Å². The lowest BCUT2D eigenvalue weighted by atomic mass is 9.98. The van der Waals surface area contributed by atoms with E-state index >= 15 is 0 Å².